The first kappa shape index (κ1) is 20.7. The van der Waals surface area contributed by atoms with Crippen molar-refractivity contribution in [1.82, 2.24) is 0 Å². The van der Waals surface area contributed by atoms with E-state index in [9.17, 15) is 18.3 Å². The lowest BCUT2D eigenvalue weighted by molar-refractivity contribution is -0.137. The summed E-state index contributed by atoms with van der Waals surface area (Å²) in [5.74, 6) is 0.227. The summed E-state index contributed by atoms with van der Waals surface area (Å²) in [6.45, 7) is 5.26. The number of hydrogen-bond donors (Lipinski definition) is 3. The normalized spacial score (nSPS) is 13.5. The molecule has 0 spiro atoms. The van der Waals surface area contributed by atoms with Crippen LogP contribution < -0.4 is 11.1 Å². The van der Waals surface area contributed by atoms with Gasteiger partial charge >= 0.3 is 6.18 Å². The van der Waals surface area contributed by atoms with E-state index in [1.54, 1.807) is 12.1 Å². The Morgan fingerprint density at radius 2 is 1.89 bits per heavy atom. The molecule has 142 valence electrons. The second kappa shape index (κ2) is 7.94. The molecule has 1 unspecified atom stereocenters. The van der Waals surface area contributed by atoms with E-state index in [-0.39, 0.29) is 17.1 Å². The van der Waals surface area contributed by atoms with Gasteiger partial charge < -0.3 is 16.2 Å². The number of nitrogens with zero attached hydrogens (tertiary/aromatic N) is 1. The zero-order valence-electron chi connectivity index (χ0n) is 14.5. The van der Waals surface area contributed by atoms with Gasteiger partial charge in [0.15, 0.2) is 0 Å². The van der Waals surface area contributed by atoms with Crippen molar-refractivity contribution < 1.29 is 18.3 Å². The molecule has 0 saturated heterocycles. The van der Waals surface area contributed by atoms with Gasteiger partial charge in [-0.2, -0.15) is 18.4 Å². The van der Waals surface area contributed by atoms with Crippen LogP contribution in [0.25, 0.3) is 0 Å². The lowest BCUT2D eigenvalue weighted by Gasteiger charge is -2.27. The number of aliphatic hydroxyl groups is 1. The monoisotopic (exact) mass is 393 g/mol. The third kappa shape index (κ3) is 5.42. The number of halogens is 3. The van der Waals surface area contributed by atoms with Crippen LogP contribution in [0, 0.1) is 11.3 Å². The zero-order chi connectivity index (χ0) is 20.2. The minimum atomic E-state index is -4.66. The average molecular weight is 393 g/mol. The van der Waals surface area contributed by atoms with Crippen molar-refractivity contribution in [1.29, 1.82) is 5.26 Å². The molecule has 8 heteroatoms. The number of nitriles is 1. The van der Waals surface area contributed by atoms with Crippen LogP contribution in [0.3, 0.4) is 0 Å². The Labute approximate surface area is 159 Å². The maximum absolute atomic E-state index is 13.1. The van der Waals surface area contributed by atoms with Gasteiger partial charge in [0, 0.05) is 27.7 Å². The second-order valence-corrected chi connectivity index (χ2v) is 7.15. The molecule has 0 aromatic heterocycles. The third-order valence-electron chi connectivity index (χ3n) is 3.79. The average Bonchev–Trinajstić information content (AvgIpc) is 2.60. The van der Waals surface area contributed by atoms with Crippen LogP contribution in [0.1, 0.15) is 18.1 Å². The van der Waals surface area contributed by atoms with Gasteiger partial charge in [-0.25, -0.2) is 0 Å². The summed E-state index contributed by atoms with van der Waals surface area (Å²) in [5, 5.41) is 22.2. The van der Waals surface area contributed by atoms with E-state index in [1.165, 1.54) is 30.8 Å². The Kier molecular flexibility index (Phi) is 6.08. The fraction of sp³-hybridized carbons (Fsp3) is 0.211. The minimum absolute atomic E-state index is 0.0871. The molecule has 0 amide bonds. The Balaban J connectivity index is 2.11. The summed E-state index contributed by atoms with van der Waals surface area (Å²) in [5.41, 5.74) is 3.57. The molecule has 2 aromatic rings. The van der Waals surface area contributed by atoms with Crippen molar-refractivity contribution in [3.8, 4) is 6.07 Å². The summed E-state index contributed by atoms with van der Waals surface area (Å²) in [7, 11) is 0. The first-order chi connectivity index (χ1) is 12.5. The number of hydrogen-bond acceptors (Lipinski definition) is 5. The number of nitrogen functional groups attached to an aromatic ring is 1. The van der Waals surface area contributed by atoms with Crippen molar-refractivity contribution >= 4 is 23.1 Å². The molecule has 0 fully saturated rings. The molecule has 0 radical (unpaired) electrons. The number of nitrogens with one attached hydrogen (secondary N) is 1. The van der Waals surface area contributed by atoms with Crippen LogP contribution in [-0.4, -0.2) is 16.5 Å². The predicted molar refractivity (Wildman–Crippen MR) is 101 cm³/mol. The molecule has 1 atom stereocenters. The zero-order valence-corrected chi connectivity index (χ0v) is 15.3. The van der Waals surface area contributed by atoms with Crippen LogP contribution in [0.15, 0.2) is 59.6 Å². The molecule has 27 heavy (non-hydrogen) atoms. The lowest BCUT2D eigenvalue weighted by Crippen LogP contribution is -2.33. The highest BCUT2D eigenvalue weighted by Crippen LogP contribution is 2.34. The largest absolute Gasteiger partial charge is 0.417 e. The first-order valence-electron chi connectivity index (χ1n) is 7.81. The van der Waals surface area contributed by atoms with Crippen molar-refractivity contribution in [2.45, 2.75) is 23.6 Å². The van der Waals surface area contributed by atoms with Gasteiger partial charge in [0.1, 0.15) is 5.60 Å². The first-order valence-corrected chi connectivity index (χ1v) is 8.80. The number of thioether (sulfide) groups is 1. The van der Waals surface area contributed by atoms with E-state index < -0.39 is 22.9 Å². The SMILES string of the molecule is C=C(Nc1ccc(C#N)c(C(F)(F)F)c1)C(C)(O)CSc1ccc(N)cc1. The summed E-state index contributed by atoms with van der Waals surface area (Å²) in [4.78, 5) is 0.884. The minimum Gasteiger partial charge on any atom is -0.399 e. The van der Waals surface area contributed by atoms with E-state index >= 15 is 0 Å². The van der Waals surface area contributed by atoms with Crippen LogP contribution in [0.4, 0.5) is 24.5 Å². The maximum Gasteiger partial charge on any atom is 0.417 e. The topological polar surface area (TPSA) is 82.1 Å². The number of alkyl halides is 3. The molecular weight excluding hydrogens is 375 g/mol. The van der Waals surface area contributed by atoms with Gasteiger partial charge in [0.05, 0.1) is 17.2 Å². The Morgan fingerprint density at radius 3 is 2.44 bits per heavy atom. The van der Waals surface area contributed by atoms with E-state index in [4.69, 9.17) is 11.0 Å². The van der Waals surface area contributed by atoms with Crippen molar-refractivity contribution in [3.05, 3.63) is 65.9 Å². The summed E-state index contributed by atoms with van der Waals surface area (Å²) < 4.78 is 39.2. The smallest absolute Gasteiger partial charge is 0.399 e. The Bertz CT molecular complexity index is 871. The van der Waals surface area contributed by atoms with Crippen molar-refractivity contribution in [2.75, 3.05) is 16.8 Å². The van der Waals surface area contributed by atoms with Crippen LogP contribution in [0.2, 0.25) is 0 Å². The third-order valence-corrected chi connectivity index (χ3v) is 5.10. The van der Waals surface area contributed by atoms with E-state index in [0.29, 0.717) is 5.69 Å². The fourth-order valence-corrected chi connectivity index (χ4v) is 3.09. The number of benzene rings is 2. The Morgan fingerprint density at radius 1 is 1.26 bits per heavy atom. The summed E-state index contributed by atoms with van der Waals surface area (Å²) in [6.07, 6.45) is -4.66. The molecular formula is C19H18F3N3OS. The maximum atomic E-state index is 13.1. The molecule has 0 aliphatic heterocycles. The van der Waals surface area contributed by atoms with Gasteiger partial charge in [-0.05, 0) is 49.4 Å². The molecule has 0 aliphatic carbocycles. The molecule has 4 N–H and O–H groups in total. The van der Waals surface area contributed by atoms with Gasteiger partial charge in [-0.15, -0.1) is 11.8 Å². The number of rotatable bonds is 6. The van der Waals surface area contributed by atoms with Gasteiger partial charge in [0.2, 0.25) is 0 Å². The van der Waals surface area contributed by atoms with Crippen LogP contribution >= 0.6 is 11.8 Å². The second-order valence-electron chi connectivity index (χ2n) is 6.11. The lowest BCUT2D eigenvalue weighted by atomic mass is 10.0. The highest BCUT2D eigenvalue weighted by Gasteiger charge is 2.34. The number of nitrogens with two attached hydrogens (primary N) is 1. The molecule has 0 aliphatic rings. The fourth-order valence-electron chi connectivity index (χ4n) is 2.14. The molecule has 2 rings (SSSR count). The van der Waals surface area contributed by atoms with E-state index in [2.05, 4.69) is 11.9 Å². The van der Waals surface area contributed by atoms with Gasteiger partial charge in [0.25, 0.3) is 0 Å². The van der Waals surface area contributed by atoms with E-state index in [1.807, 2.05) is 12.1 Å². The van der Waals surface area contributed by atoms with Gasteiger partial charge in [-0.1, -0.05) is 6.58 Å². The van der Waals surface area contributed by atoms with Gasteiger partial charge in [-0.3, -0.25) is 0 Å². The van der Waals surface area contributed by atoms with Crippen molar-refractivity contribution in [2.24, 2.45) is 0 Å². The number of anilines is 2. The standard InChI is InChI=1S/C19H18F3N3OS/c1-12(18(2,26)11-27-16-7-4-14(24)5-8-16)25-15-6-3-13(10-23)17(9-15)19(20,21)22/h3-9,25-26H,1,11,24H2,2H3. The molecule has 0 bridgehead atoms. The molecule has 2 aromatic carbocycles. The highest BCUT2D eigenvalue weighted by molar-refractivity contribution is 7.99. The Hall–Kier alpha value is -2.63. The highest BCUT2D eigenvalue weighted by atomic mass is 32.2. The van der Waals surface area contributed by atoms with E-state index in [0.717, 1.165) is 17.0 Å². The molecule has 0 heterocycles. The molecule has 4 nitrogen and oxygen atoms in total. The van der Waals surface area contributed by atoms with Crippen LogP contribution in [-0.2, 0) is 6.18 Å². The van der Waals surface area contributed by atoms with Crippen LogP contribution in [0.5, 0.6) is 0 Å². The quantitative estimate of drug-likeness (QED) is 0.492. The molecule has 0 saturated carbocycles. The summed E-state index contributed by atoms with van der Waals surface area (Å²) >= 11 is 1.36. The van der Waals surface area contributed by atoms with Crippen molar-refractivity contribution in [3.63, 3.8) is 0 Å². The predicted octanol–water partition coefficient (Wildman–Crippen LogP) is 4.63. The summed E-state index contributed by atoms with van der Waals surface area (Å²) in [6, 6.07) is 11.9.